The molecule has 0 radical (unpaired) electrons. The molecule has 0 aromatic carbocycles. The molecule has 0 amide bonds. The zero-order chi connectivity index (χ0) is 9.14. The molecular formula is C10H16O2. The molecule has 68 valence electrons. The average molecular weight is 168 g/mol. The van der Waals surface area contributed by atoms with Crippen molar-refractivity contribution in [2.45, 2.75) is 39.7 Å². The first-order valence-electron chi connectivity index (χ1n) is 4.47. The van der Waals surface area contributed by atoms with Crippen LogP contribution < -0.4 is 0 Å². The maximum Gasteiger partial charge on any atom is 0.330 e. The van der Waals surface area contributed by atoms with Crippen LogP contribution >= 0.6 is 0 Å². The number of allylic oxidation sites excluding steroid dienone is 1. The highest BCUT2D eigenvalue weighted by Crippen LogP contribution is 2.20. The summed E-state index contributed by atoms with van der Waals surface area (Å²) in [4.78, 5) is 11.1. The number of hydrogen-bond donors (Lipinski definition) is 0. The average Bonchev–Trinajstić information content (AvgIpc) is 2.11. The molecule has 0 aromatic heterocycles. The molecule has 0 spiro atoms. The Bertz CT molecular complexity index is 204. The van der Waals surface area contributed by atoms with E-state index in [4.69, 9.17) is 4.74 Å². The first-order chi connectivity index (χ1) is 5.59. The highest BCUT2D eigenvalue weighted by Gasteiger charge is 2.19. The Morgan fingerprint density at radius 3 is 2.83 bits per heavy atom. The Morgan fingerprint density at radius 1 is 1.58 bits per heavy atom. The Kier molecular flexibility index (Phi) is 2.90. The van der Waals surface area contributed by atoms with Gasteiger partial charge in [0.15, 0.2) is 0 Å². The zero-order valence-corrected chi connectivity index (χ0v) is 7.96. The van der Waals surface area contributed by atoms with Gasteiger partial charge in [0.25, 0.3) is 0 Å². The first-order valence-corrected chi connectivity index (χ1v) is 4.47. The predicted octanol–water partition coefficient (Wildman–Crippen LogP) is 2.29. The van der Waals surface area contributed by atoms with Crippen LogP contribution in [0.2, 0.25) is 0 Å². The second kappa shape index (κ2) is 3.74. The Balaban J connectivity index is 2.61. The third kappa shape index (κ3) is 2.36. The van der Waals surface area contributed by atoms with Crippen molar-refractivity contribution in [1.29, 1.82) is 0 Å². The van der Waals surface area contributed by atoms with Gasteiger partial charge in [-0.15, -0.1) is 0 Å². The lowest BCUT2D eigenvalue weighted by Crippen LogP contribution is -2.21. The van der Waals surface area contributed by atoms with Crippen molar-refractivity contribution in [3.05, 3.63) is 11.6 Å². The third-order valence-corrected chi connectivity index (χ3v) is 2.20. The minimum atomic E-state index is -0.177. The standard InChI is InChI=1S/C10H16O2/c1-7(2)9-5-4-8(3)6-10(11)12-9/h6-7,9H,4-5H2,1-3H3/t9-/m0/s1. The van der Waals surface area contributed by atoms with E-state index in [0.717, 1.165) is 18.4 Å². The minimum Gasteiger partial charge on any atom is -0.459 e. The largest absolute Gasteiger partial charge is 0.459 e. The van der Waals surface area contributed by atoms with Crippen molar-refractivity contribution in [2.24, 2.45) is 5.92 Å². The molecule has 0 saturated carbocycles. The highest BCUT2D eigenvalue weighted by atomic mass is 16.5. The number of ether oxygens (including phenoxy) is 1. The molecule has 0 aliphatic carbocycles. The van der Waals surface area contributed by atoms with Crippen molar-refractivity contribution in [3.8, 4) is 0 Å². The summed E-state index contributed by atoms with van der Waals surface area (Å²) in [6, 6.07) is 0. The summed E-state index contributed by atoms with van der Waals surface area (Å²) in [7, 11) is 0. The summed E-state index contributed by atoms with van der Waals surface area (Å²) < 4.78 is 5.23. The van der Waals surface area contributed by atoms with Crippen LogP contribution in [0.4, 0.5) is 0 Å². The Labute approximate surface area is 73.6 Å². The molecule has 1 aliphatic rings. The maximum absolute atomic E-state index is 11.1. The van der Waals surface area contributed by atoms with Gasteiger partial charge in [-0.25, -0.2) is 4.79 Å². The van der Waals surface area contributed by atoms with E-state index in [-0.39, 0.29) is 12.1 Å². The molecule has 1 atom stereocenters. The van der Waals surface area contributed by atoms with Crippen LogP contribution in [-0.4, -0.2) is 12.1 Å². The monoisotopic (exact) mass is 168 g/mol. The van der Waals surface area contributed by atoms with Crippen LogP contribution in [0.1, 0.15) is 33.6 Å². The summed E-state index contributed by atoms with van der Waals surface area (Å²) in [5.74, 6) is 0.247. The van der Waals surface area contributed by atoms with E-state index < -0.39 is 0 Å². The Morgan fingerprint density at radius 2 is 2.25 bits per heavy atom. The van der Waals surface area contributed by atoms with Gasteiger partial charge in [-0.2, -0.15) is 0 Å². The first kappa shape index (κ1) is 9.30. The smallest absolute Gasteiger partial charge is 0.330 e. The summed E-state index contributed by atoms with van der Waals surface area (Å²) in [6.45, 7) is 6.14. The number of hydrogen-bond acceptors (Lipinski definition) is 2. The van der Waals surface area contributed by atoms with Gasteiger partial charge in [-0.3, -0.25) is 0 Å². The summed E-state index contributed by atoms with van der Waals surface area (Å²) in [5, 5.41) is 0. The van der Waals surface area contributed by atoms with Crippen molar-refractivity contribution < 1.29 is 9.53 Å². The maximum atomic E-state index is 11.1. The highest BCUT2D eigenvalue weighted by molar-refractivity contribution is 5.83. The third-order valence-electron chi connectivity index (χ3n) is 2.20. The number of carbonyl (C=O) groups excluding carboxylic acids is 1. The molecule has 0 saturated heterocycles. The topological polar surface area (TPSA) is 26.3 Å². The van der Waals surface area contributed by atoms with E-state index in [2.05, 4.69) is 13.8 Å². The van der Waals surface area contributed by atoms with Crippen molar-refractivity contribution in [2.75, 3.05) is 0 Å². The van der Waals surface area contributed by atoms with Crippen LogP contribution in [-0.2, 0) is 9.53 Å². The number of esters is 1. The van der Waals surface area contributed by atoms with E-state index in [1.54, 1.807) is 6.08 Å². The summed E-state index contributed by atoms with van der Waals surface area (Å²) in [5.41, 5.74) is 1.13. The molecular weight excluding hydrogens is 152 g/mol. The van der Waals surface area contributed by atoms with Gasteiger partial charge in [0.05, 0.1) is 0 Å². The van der Waals surface area contributed by atoms with E-state index in [1.165, 1.54) is 0 Å². The molecule has 1 aliphatic heterocycles. The normalized spacial score (nSPS) is 24.8. The van der Waals surface area contributed by atoms with Gasteiger partial charge in [0.1, 0.15) is 6.10 Å². The fourth-order valence-electron chi connectivity index (χ4n) is 1.35. The molecule has 0 bridgehead atoms. The molecule has 1 rings (SSSR count). The minimum absolute atomic E-state index is 0.103. The molecule has 2 nitrogen and oxygen atoms in total. The van der Waals surface area contributed by atoms with Gasteiger partial charge in [-0.1, -0.05) is 19.4 Å². The van der Waals surface area contributed by atoms with Crippen molar-refractivity contribution in [1.82, 2.24) is 0 Å². The molecule has 12 heavy (non-hydrogen) atoms. The van der Waals surface area contributed by atoms with E-state index in [9.17, 15) is 4.79 Å². The summed E-state index contributed by atoms with van der Waals surface area (Å²) >= 11 is 0. The number of rotatable bonds is 1. The van der Waals surface area contributed by atoms with Gasteiger partial charge in [0.2, 0.25) is 0 Å². The van der Waals surface area contributed by atoms with Crippen LogP contribution in [0.25, 0.3) is 0 Å². The lowest BCUT2D eigenvalue weighted by Gasteiger charge is -2.18. The fourth-order valence-corrected chi connectivity index (χ4v) is 1.35. The fraction of sp³-hybridized carbons (Fsp3) is 0.700. The Hall–Kier alpha value is -0.790. The molecule has 0 N–H and O–H groups in total. The van der Waals surface area contributed by atoms with E-state index in [0.29, 0.717) is 5.92 Å². The van der Waals surface area contributed by atoms with Crippen molar-refractivity contribution in [3.63, 3.8) is 0 Å². The lowest BCUT2D eigenvalue weighted by molar-refractivity contribution is -0.144. The molecule has 1 heterocycles. The van der Waals surface area contributed by atoms with E-state index in [1.807, 2.05) is 6.92 Å². The zero-order valence-electron chi connectivity index (χ0n) is 7.96. The number of carbonyl (C=O) groups is 1. The molecule has 2 heteroatoms. The van der Waals surface area contributed by atoms with Crippen molar-refractivity contribution >= 4 is 5.97 Å². The van der Waals surface area contributed by atoms with Gasteiger partial charge in [-0.05, 0) is 25.7 Å². The van der Waals surface area contributed by atoms with Gasteiger partial charge in [0, 0.05) is 6.08 Å². The van der Waals surface area contributed by atoms with Crippen LogP contribution in [0.3, 0.4) is 0 Å². The summed E-state index contributed by atoms with van der Waals surface area (Å²) in [6.07, 6.45) is 3.65. The SMILES string of the molecule is CC1=CC(=O)O[C@H](C(C)C)CC1. The molecule has 0 unspecified atom stereocenters. The van der Waals surface area contributed by atoms with E-state index >= 15 is 0 Å². The predicted molar refractivity (Wildman–Crippen MR) is 47.7 cm³/mol. The molecule has 0 aromatic rings. The quantitative estimate of drug-likeness (QED) is 0.561. The van der Waals surface area contributed by atoms with Gasteiger partial charge >= 0.3 is 5.97 Å². The van der Waals surface area contributed by atoms with Gasteiger partial charge < -0.3 is 4.74 Å². The second-order valence-electron chi connectivity index (χ2n) is 3.75. The van der Waals surface area contributed by atoms with Crippen LogP contribution in [0.15, 0.2) is 11.6 Å². The van der Waals surface area contributed by atoms with Crippen LogP contribution in [0.5, 0.6) is 0 Å². The lowest BCUT2D eigenvalue weighted by atomic mass is 10.0. The molecule has 0 fully saturated rings. The number of cyclic esters (lactones) is 1. The van der Waals surface area contributed by atoms with Crippen LogP contribution in [0, 0.1) is 5.92 Å². The second-order valence-corrected chi connectivity index (χ2v) is 3.75.